The zero-order valence-corrected chi connectivity index (χ0v) is 18.9. The van der Waals surface area contributed by atoms with Crippen LogP contribution in [0.2, 0.25) is 0 Å². The van der Waals surface area contributed by atoms with Gasteiger partial charge in [-0.1, -0.05) is 57.0 Å². The van der Waals surface area contributed by atoms with E-state index in [9.17, 15) is 4.79 Å². The number of fused-ring (bicyclic) bond motifs is 4. The lowest BCUT2D eigenvalue weighted by atomic mass is 9.52. The van der Waals surface area contributed by atoms with Gasteiger partial charge in [0, 0.05) is 0 Å². The Morgan fingerprint density at radius 2 is 1.87 bits per heavy atom. The largest absolute Gasteiger partial charge is 0.459 e. The summed E-state index contributed by atoms with van der Waals surface area (Å²) in [6, 6.07) is 9.45. The van der Waals surface area contributed by atoms with Crippen LogP contribution in [0.15, 0.2) is 53.1 Å². The highest BCUT2D eigenvalue weighted by molar-refractivity contribution is 5.89. The van der Waals surface area contributed by atoms with Gasteiger partial charge in [-0.05, 0) is 97.3 Å². The fourth-order valence-corrected chi connectivity index (χ4v) is 7.42. The Hall–Kier alpha value is -1.83. The van der Waals surface area contributed by atoms with Crippen molar-refractivity contribution in [3.05, 3.63) is 58.7 Å². The molecule has 1 aromatic rings. The first-order valence-corrected chi connectivity index (χ1v) is 12.1. The quantitative estimate of drug-likeness (QED) is 0.495. The lowest BCUT2D eigenvalue weighted by Crippen LogP contribution is -2.44. The molecule has 0 bridgehead atoms. The molecule has 4 aliphatic carbocycles. The Morgan fingerprint density at radius 1 is 1.07 bits per heavy atom. The van der Waals surface area contributed by atoms with Crippen LogP contribution in [0.4, 0.5) is 0 Å². The molecular formula is C28H36O2. The summed E-state index contributed by atoms with van der Waals surface area (Å²) in [5.74, 6) is 1.32. The summed E-state index contributed by atoms with van der Waals surface area (Å²) in [6.07, 6.45) is 13.5. The number of benzene rings is 1. The molecule has 4 aliphatic rings. The molecule has 0 spiro atoms. The molecule has 0 N–H and O–H groups in total. The third kappa shape index (κ3) is 3.01. The molecule has 2 heteroatoms. The predicted molar refractivity (Wildman–Crippen MR) is 121 cm³/mol. The molecule has 5 rings (SSSR count). The Balaban J connectivity index is 1.34. The van der Waals surface area contributed by atoms with E-state index in [4.69, 9.17) is 4.74 Å². The molecule has 0 aromatic heterocycles. The molecule has 0 amide bonds. The number of carbonyl (C=O) groups excluding carboxylic acids is 1. The molecule has 5 atom stereocenters. The van der Waals surface area contributed by atoms with Crippen molar-refractivity contribution in [3.63, 3.8) is 0 Å². The van der Waals surface area contributed by atoms with Crippen LogP contribution in [0.5, 0.6) is 0 Å². The third-order valence-corrected chi connectivity index (χ3v) is 9.35. The zero-order chi connectivity index (χ0) is 20.9. The summed E-state index contributed by atoms with van der Waals surface area (Å²) in [5, 5.41) is 0. The standard InChI is InChI=1S/C28H36O2/c1-4-20-11-13-24-23-12-10-21-18-22(30-26(29)19-8-6-5-7-9-19)14-16-28(21,3)25(23)15-17-27(20,24)2/h5-9,13,20-22H,4,10-12,14-18H2,1-3H3/t20-,21?,22?,27+,28-/m0/s1. The molecule has 1 fully saturated rings. The predicted octanol–water partition coefficient (Wildman–Crippen LogP) is 7.27. The molecule has 1 saturated carbocycles. The van der Waals surface area contributed by atoms with Gasteiger partial charge in [0.2, 0.25) is 0 Å². The summed E-state index contributed by atoms with van der Waals surface area (Å²) in [4.78, 5) is 12.6. The van der Waals surface area contributed by atoms with Gasteiger partial charge in [-0.25, -0.2) is 4.79 Å². The number of hydrogen-bond acceptors (Lipinski definition) is 2. The van der Waals surface area contributed by atoms with Crippen molar-refractivity contribution in [3.8, 4) is 0 Å². The van der Waals surface area contributed by atoms with Gasteiger partial charge in [0.25, 0.3) is 0 Å². The number of ether oxygens (including phenoxy) is 1. The van der Waals surface area contributed by atoms with E-state index >= 15 is 0 Å². The van der Waals surface area contributed by atoms with E-state index in [1.807, 2.05) is 30.3 Å². The fourth-order valence-electron chi connectivity index (χ4n) is 7.42. The van der Waals surface area contributed by atoms with Crippen molar-refractivity contribution >= 4 is 5.97 Å². The Bertz CT molecular complexity index is 894. The molecule has 1 aromatic carbocycles. The second kappa shape index (κ2) is 7.39. The SMILES string of the molecule is CC[C@H]1CC=C2C3=C(CC[C@@]21C)[C@@]1(C)CCC(OC(=O)c2ccccc2)CC1CC3. The minimum Gasteiger partial charge on any atom is -0.459 e. The number of esters is 1. The van der Waals surface area contributed by atoms with Gasteiger partial charge in [0.05, 0.1) is 5.56 Å². The fraction of sp³-hybridized carbons (Fsp3) is 0.607. The van der Waals surface area contributed by atoms with Gasteiger partial charge in [0.15, 0.2) is 0 Å². The van der Waals surface area contributed by atoms with Gasteiger partial charge in [-0.3, -0.25) is 0 Å². The molecule has 0 radical (unpaired) electrons. The minimum atomic E-state index is -0.157. The van der Waals surface area contributed by atoms with E-state index in [-0.39, 0.29) is 12.1 Å². The molecule has 0 saturated heterocycles. The van der Waals surface area contributed by atoms with Crippen LogP contribution >= 0.6 is 0 Å². The van der Waals surface area contributed by atoms with E-state index in [0.717, 1.165) is 25.2 Å². The van der Waals surface area contributed by atoms with Crippen molar-refractivity contribution < 1.29 is 9.53 Å². The number of rotatable bonds is 3. The van der Waals surface area contributed by atoms with Crippen LogP contribution in [0.3, 0.4) is 0 Å². The van der Waals surface area contributed by atoms with E-state index in [0.29, 0.717) is 22.3 Å². The van der Waals surface area contributed by atoms with E-state index < -0.39 is 0 Å². The molecule has 2 nitrogen and oxygen atoms in total. The van der Waals surface area contributed by atoms with Gasteiger partial charge in [-0.15, -0.1) is 0 Å². The van der Waals surface area contributed by atoms with E-state index in [2.05, 4.69) is 26.8 Å². The maximum Gasteiger partial charge on any atom is 0.338 e. The summed E-state index contributed by atoms with van der Waals surface area (Å²) in [5.41, 5.74) is 6.61. The van der Waals surface area contributed by atoms with Gasteiger partial charge in [-0.2, -0.15) is 0 Å². The first-order chi connectivity index (χ1) is 14.5. The molecule has 2 unspecified atom stereocenters. The first-order valence-electron chi connectivity index (χ1n) is 12.1. The average molecular weight is 405 g/mol. The van der Waals surface area contributed by atoms with Crippen LogP contribution < -0.4 is 0 Å². The minimum absolute atomic E-state index is 0.0713. The van der Waals surface area contributed by atoms with Crippen LogP contribution in [0.1, 0.15) is 88.9 Å². The second-order valence-electron chi connectivity index (χ2n) is 10.7. The lowest BCUT2D eigenvalue weighted by Gasteiger charge is -2.53. The molecular weight excluding hydrogens is 368 g/mol. The Kier molecular flexibility index (Phi) is 4.95. The third-order valence-electron chi connectivity index (χ3n) is 9.35. The Morgan fingerprint density at radius 3 is 2.63 bits per heavy atom. The highest BCUT2D eigenvalue weighted by Gasteiger charge is 2.52. The van der Waals surface area contributed by atoms with Crippen molar-refractivity contribution in [2.75, 3.05) is 0 Å². The number of allylic oxidation sites excluding steroid dienone is 4. The van der Waals surface area contributed by atoms with E-state index in [1.54, 1.807) is 16.7 Å². The van der Waals surface area contributed by atoms with Gasteiger partial charge in [0.1, 0.15) is 6.10 Å². The molecule has 30 heavy (non-hydrogen) atoms. The van der Waals surface area contributed by atoms with Crippen molar-refractivity contribution in [2.45, 2.75) is 84.7 Å². The maximum atomic E-state index is 12.6. The molecule has 0 aliphatic heterocycles. The lowest BCUT2D eigenvalue weighted by molar-refractivity contribution is -0.0122. The molecule has 0 heterocycles. The summed E-state index contributed by atoms with van der Waals surface area (Å²) in [6.45, 7) is 7.43. The summed E-state index contributed by atoms with van der Waals surface area (Å²) < 4.78 is 5.96. The Labute approximate surface area is 181 Å². The summed E-state index contributed by atoms with van der Waals surface area (Å²) >= 11 is 0. The highest BCUT2D eigenvalue weighted by Crippen LogP contribution is 2.63. The summed E-state index contributed by atoms with van der Waals surface area (Å²) in [7, 11) is 0. The average Bonchev–Trinajstić information content (AvgIpc) is 3.11. The van der Waals surface area contributed by atoms with Crippen LogP contribution in [-0.2, 0) is 4.74 Å². The van der Waals surface area contributed by atoms with Crippen molar-refractivity contribution in [2.24, 2.45) is 22.7 Å². The van der Waals surface area contributed by atoms with Crippen molar-refractivity contribution in [1.29, 1.82) is 0 Å². The number of carbonyl (C=O) groups is 1. The second-order valence-corrected chi connectivity index (χ2v) is 10.7. The van der Waals surface area contributed by atoms with Gasteiger partial charge < -0.3 is 4.74 Å². The van der Waals surface area contributed by atoms with E-state index in [1.165, 1.54) is 38.5 Å². The normalized spacial score (nSPS) is 37.7. The smallest absolute Gasteiger partial charge is 0.338 e. The molecule has 160 valence electrons. The van der Waals surface area contributed by atoms with Gasteiger partial charge >= 0.3 is 5.97 Å². The van der Waals surface area contributed by atoms with Crippen LogP contribution in [-0.4, -0.2) is 12.1 Å². The number of hydrogen-bond donors (Lipinski definition) is 0. The highest BCUT2D eigenvalue weighted by atomic mass is 16.5. The maximum absolute atomic E-state index is 12.6. The topological polar surface area (TPSA) is 26.3 Å². The van der Waals surface area contributed by atoms with Crippen LogP contribution in [0, 0.1) is 22.7 Å². The van der Waals surface area contributed by atoms with Crippen molar-refractivity contribution in [1.82, 2.24) is 0 Å². The zero-order valence-electron chi connectivity index (χ0n) is 18.9. The first kappa shape index (κ1) is 20.1. The monoisotopic (exact) mass is 404 g/mol. The van der Waals surface area contributed by atoms with Crippen LogP contribution in [0.25, 0.3) is 0 Å².